The number of rotatable bonds is 2. The molecule has 0 N–H and O–H groups in total. The fourth-order valence-corrected chi connectivity index (χ4v) is 8.50. The highest BCUT2D eigenvalue weighted by Crippen LogP contribution is 2.21. The summed E-state index contributed by atoms with van der Waals surface area (Å²) in [6.45, 7) is 17.2. The third-order valence-corrected chi connectivity index (χ3v) is 21.8. The molecule has 84 valence electrons. The van der Waals surface area contributed by atoms with E-state index in [2.05, 4.69) is 64.8 Å². The highest BCUT2D eigenvalue weighted by molar-refractivity contribution is 7.45. The molecule has 0 nitrogen and oxygen atoms in total. The fraction of sp³-hybridized carbons (Fsp3) is 0.538. The average molecular weight is 237 g/mol. The zero-order valence-electron chi connectivity index (χ0n) is 11.2. The molecule has 0 aromatic heterocycles. The van der Waals surface area contributed by atoms with E-state index >= 15 is 0 Å². The third kappa shape index (κ3) is 2.26. The van der Waals surface area contributed by atoms with E-state index < -0.39 is 15.2 Å². The van der Waals surface area contributed by atoms with Gasteiger partial charge in [-0.1, -0.05) is 67.2 Å². The largest absolute Gasteiger partial charge is 0.0743 e. The smallest absolute Gasteiger partial charge is 0.0712 e. The maximum atomic E-state index is 2.55. The third-order valence-electron chi connectivity index (χ3n) is 3.98. The van der Waals surface area contributed by atoms with Crippen LogP contribution in [0, 0.1) is 13.8 Å². The van der Waals surface area contributed by atoms with E-state index in [1.54, 1.807) is 5.19 Å². The summed E-state index contributed by atoms with van der Waals surface area (Å²) in [5.74, 6) is 0. The second-order valence-electron chi connectivity index (χ2n) is 6.14. The van der Waals surface area contributed by atoms with Crippen LogP contribution in [0.15, 0.2) is 18.2 Å². The Labute approximate surface area is 96.5 Å². The summed E-state index contributed by atoms with van der Waals surface area (Å²) in [4.78, 5) is 0. The van der Waals surface area contributed by atoms with Crippen LogP contribution >= 0.6 is 0 Å². The van der Waals surface area contributed by atoms with Crippen molar-refractivity contribution in [2.45, 2.75) is 46.6 Å². The van der Waals surface area contributed by atoms with Crippen LogP contribution < -0.4 is 5.19 Å². The summed E-state index contributed by atoms with van der Waals surface area (Å²) < 4.78 is 0. The topological polar surface area (TPSA) is 0 Å². The Kier molecular flexibility index (Phi) is 3.31. The van der Waals surface area contributed by atoms with Crippen molar-refractivity contribution < 1.29 is 0 Å². The van der Waals surface area contributed by atoms with Crippen molar-refractivity contribution in [2.24, 2.45) is 0 Å². The number of aryl methyl sites for hydroxylation is 2. The summed E-state index contributed by atoms with van der Waals surface area (Å²) in [5, 5.41) is 1.71. The molecule has 0 spiro atoms. The lowest BCUT2D eigenvalue weighted by Gasteiger charge is -2.38. The van der Waals surface area contributed by atoms with Crippen LogP contribution in [0.1, 0.15) is 11.1 Å². The van der Waals surface area contributed by atoms with Crippen molar-refractivity contribution in [2.75, 3.05) is 0 Å². The molecule has 2 heteroatoms. The van der Waals surface area contributed by atoms with E-state index in [4.69, 9.17) is 0 Å². The number of hydrogen-bond acceptors (Lipinski definition) is 0. The lowest BCUT2D eigenvalue weighted by molar-refractivity contribution is 1.41. The van der Waals surface area contributed by atoms with Crippen molar-refractivity contribution in [3.63, 3.8) is 0 Å². The first kappa shape index (κ1) is 12.7. The second kappa shape index (κ2) is 3.91. The molecule has 0 atom stereocenters. The number of benzene rings is 1. The maximum Gasteiger partial charge on any atom is 0.0743 e. The lowest BCUT2D eigenvalue weighted by Crippen LogP contribution is -2.62. The molecule has 0 unspecified atom stereocenters. The summed E-state index contributed by atoms with van der Waals surface area (Å²) in [5.41, 5.74) is 3.02. The zero-order chi connectivity index (χ0) is 11.9. The first-order chi connectivity index (χ1) is 6.68. The van der Waals surface area contributed by atoms with Gasteiger partial charge in [-0.2, -0.15) is 0 Å². The molecule has 0 amide bonds. The highest BCUT2D eigenvalue weighted by Gasteiger charge is 2.39. The van der Waals surface area contributed by atoms with E-state index in [1.807, 2.05) is 0 Å². The molecule has 0 fully saturated rings. The van der Waals surface area contributed by atoms with Gasteiger partial charge < -0.3 is 0 Å². The Hall–Kier alpha value is -0.346. The summed E-state index contributed by atoms with van der Waals surface area (Å²) in [7, 11) is -2.28. The van der Waals surface area contributed by atoms with Gasteiger partial charge in [0.1, 0.15) is 0 Å². The molecular weight excluding hydrogens is 212 g/mol. The molecule has 1 aromatic rings. The maximum absolute atomic E-state index is 2.55. The van der Waals surface area contributed by atoms with Gasteiger partial charge in [0, 0.05) is 7.59 Å². The van der Waals surface area contributed by atoms with Crippen LogP contribution in [0.5, 0.6) is 0 Å². The Balaban J connectivity index is 3.39. The molecule has 0 aliphatic heterocycles. The minimum absolute atomic E-state index is 1.05. The molecule has 0 radical (unpaired) electrons. The van der Waals surface area contributed by atoms with Gasteiger partial charge in [-0.25, -0.2) is 0 Å². The summed E-state index contributed by atoms with van der Waals surface area (Å²) in [6.07, 6.45) is 0. The highest BCUT2D eigenvalue weighted by atomic mass is 29.3. The Morgan fingerprint density at radius 3 is 1.53 bits per heavy atom. The predicted molar refractivity (Wildman–Crippen MR) is 76.4 cm³/mol. The quantitative estimate of drug-likeness (QED) is 0.688. The predicted octanol–water partition coefficient (Wildman–Crippen LogP) is 3.64. The summed E-state index contributed by atoms with van der Waals surface area (Å²) in [6, 6.07) is 6.73. The van der Waals surface area contributed by atoms with E-state index in [9.17, 15) is 0 Å². The van der Waals surface area contributed by atoms with Gasteiger partial charge >= 0.3 is 0 Å². The van der Waals surface area contributed by atoms with E-state index in [1.165, 1.54) is 11.1 Å². The zero-order valence-corrected chi connectivity index (χ0v) is 13.2. The van der Waals surface area contributed by atoms with Crippen LogP contribution in [0.3, 0.4) is 0 Å². The van der Waals surface area contributed by atoms with Crippen LogP contribution in [0.4, 0.5) is 0 Å². The average Bonchev–Trinajstić information content (AvgIpc) is 2.00. The van der Waals surface area contributed by atoms with Gasteiger partial charge in [0.25, 0.3) is 0 Å². The molecule has 1 rings (SSSR count). The van der Waals surface area contributed by atoms with Gasteiger partial charge in [-0.15, -0.1) is 0 Å². The van der Waals surface area contributed by atoms with Gasteiger partial charge in [-0.05, 0) is 13.8 Å². The standard InChI is InChI=1S/C13H24Si2/c1-11-9-8-10-12(2)13(11)15(6,7)14(3,4)5/h8-10H,1-7H3. The van der Waals surface area contributed by atoms with E-state index in [0.29, 0.717) is 0 Å². The van der Waals surface area contributed by atoms with Crippen molar-refractivity contribution in [1.82, 2.24) is 0 Å². The van der Waals surface area contributed by atoms with Gasteiger partial charge in [0.2, 0.25) is 0 Å². The van der Waals surface area contributed by atoms with Crippen molar-refractivity contribution in [1.29, 1.82) is 0 Å². The molecule has 0 aliphatic carbocycles. The van der Waals surface area contributed by atoms with Crippen LogP contribution in [0.25, 0.3) is 0 Å². The minimum Gasteiger partial charge on any atom is -0.0712 e. The SMILES string of the molecule is Cc1cccc(C)c1[Si](C)(C)[Si](C)(C)C. The molecule has 0 aliphatic rings. The van der Waals surface area contributed by atoms with E-state index in [0.717, 1.165) is 0 Å². The first-order valence-electron chi connectivity index (χ1n) is 5.74. The van der Waals surface area contributed by atoms with Crippen LogP contribution in [-0.2, 0) is 0 Å². The molecule has 1 aromatic carbocycles. The van der Waals surface area contributed by atoms with Crippen LogP contribution in [0.2, 0.25) is 32.7 Å². The molecular formula is C13H24Si2. The van der Waals surface area contributed by atoms with Gasteiger partial charge in [0.05, 0.1) is 7.59 Å². The summed E-state index contributed by atoms with van der Waals surface area (Å²) >= 11 is 0. The molecule has 0 saturated heterocycles. The minimum atomic E-state index is -1.23. The van der Waals surface area contributed by atoms with E-state index in [-0.39, 0.29) is 0 Å². The first-order valence-corrected chi connectivity index (χ1v) is 13.2. The Morgan fingerprint density at radius 2 is 1.20 bits per heavy atom. The fourth-order valence-electron chi connectivity index (χ4n) is 2.18. The monoisotopic (exact) mass is 236 g/mol. The molecule has 15 heavy (non-hydrogen) atoms. The van der Waals surface area contributed by atoms with Gasteiger partial charge in [-0.3, -0.25) is 0 Å². The molecule has 0 bridgehead atoms. The van der Waals surface area contributed by atoms with Crippen molar-refractivity contribution in [3.05, 3.63) is 29.3 Å². The second-order valence-corrected chi connectivity index (χ2v) is 22.6. The van der Waals surface area contributed by atoms with Gasteiger partial charge in [0.15, 0.2) is 0 Å². The van der Waals surface area contributed by atoms with Crippen molar-refractivity contribution >= 4 is 20.4 Å². The number of hydrogen-bond donors (Lipinski definition) is 0. The molecule has 0 heterocycles. The Morgan fingerprint density at radius 1 is 0.800 bits per heavy atom. The Bertz CT molecular complexity index is 339. The lowest BCUT2D eigenvalue weighted by atomic mass is 10.2. The molecule has 0 saturated carbocycles. The normalized spacial score (nSPS) is 13.0. The van der Waals surface area contributed by atoms with Crippen LogP contribution in [-0.4, -0.2) is 15.2 Å². The van der Waals surface area contributed by atoms with Crippen molar-refractivity contribution in [3.8, 4) is 0 Å².